The summed E-state index contributed by atoms with van der Waals surface area (Å²) in [7, 11) is 0. The summed E-state index contributed by atoms with van der Waals surface area (Å²) < 4.78 is 0. The average molecular weight is 420 g/mol. The molecule has 1 unspecified atom stereocenters. The highest BCUT2D eigenvalue weighted by Gasteiger charge is 2.16. The fraction of sp³-hybridized carbons (Fsp3) is 0.385. The molecule has 5 heteroatoms. The van der Waals surface area contributed by atoms with Crippen molar-refractivity contribution in [2.45, 2.75) is 45.8 Å². The zero-order chi connectivity index (χ0) is 22.1. The maximum absolute atomic E-state index is 12.3. The maximum Gasteiger partial charge on any atom is 0.244 e. The molecule has 1 fully saturated rings. The van der Waals surface area contributed by atoms with Gasteiger partial charge in [0, 0.05) is 19.2 Å². The third-order valence-corrected chi connectivity index (χ3v) is 5.75. The molecule has 0 aliphatic carbocycles. The van der Waals surface area contributed by atoms with Gasteiger partial charge in [0.05, 0.1) is 0 Å². The molecule has 2 aromatic carbocycles. The van der Waals surface area contributed by atoms with E-state index in [2.05, 4.69) is 46.7 Å². The lowest BCUT2D eigenvalue weighted by Gasteiger charge is -2.30. The van der Waals surface area contributed by atoms with Crippen molar-refractivity contribution >= 4 is 17.9 Å². The van der Waals surface area contributed by atoms with E-state index in [1.165, 1.54) is 37.6 Å². The van der Waals surface area contributed by atoms with Crippen LogP contribution in [-0.2, 0) is 22.7 Å². The van der Waals surface area contributed by atoms with Crippen molar-refractivity contribution in [1.29, 1.82) is 0 Å². The van der Waals surface area contributed by atoms with Gasteiger partial charge in [-0.2, -0.15) is 0 Å². The van der Waals surface area contributed by atoms with Crippen molar-refractivity contribution in [1.82, 2.24) is 15.5 Å². The van der Waals surface area contributed by atoms with Crippen LogP contribution in [0.3, 0.4) is 0 Å². The van der Waals surface area contributed by atoms with Crippen LogP contribution in [0.5, 0.6) is 0 Å². The second kappa shape index (κ2) is 11.5. The summed E-state index contributed by atoms with van der Waals surface area (Å²) in [6.07, 6.45) is 5.73. The van der Waals surface area contributed by atoms with Gasteiger partial charge in [0.15, 0.2) is 0 Å². The molecule has 5 nitrogen and oxygen atoms in total. The summed E-state index contributed by atoms with van der Waals surface area (Å²) in [5.41, 5.74) is 3.29. The summed E-state index contributed by atoms with van der Waals surface area (Å²) in [6.45, 7) is 7.78. The number of benzene rings is 2. The molecule has 0 radical (unpaired) electrons. The first-order chi connectivity index (χ1) is 15.0. The number of amides is 2. The second-order valence-electron chi connectivity index (χ2n) is 8.47. The summed E-state index contributed by atoms with van der Waals surface area (Å²) in [4.78, 5) is 26.9. The topological polar surface area (TPSA) is 61.4 Å². The number of nitrogens with zero attached hydrogens (tertiary/aromatic N) is 1. The van der Waals surface area contributed by atoms with Crippen LogP contribution in [0.15, 0.2) is 60.7 Å². The second-order valence-corrected chi connectivity index (χ2v) is 8.47. The van der Waals surface area contributed by atoms with E-state index in [0.29, 0.717) is 6.54 Å². The fourth-order valence-corrected chi connectivity index (χ4v) is 3.65. The van der Waals surface area contributed by atoms with Crippen molar-refractivity contribution < 1.29 is 9.59 Å². The molecule has 0 saturated carbocycles. The van der Waals surface area contributed by atoms with E-state index in [-0.39, 0.29) is 11.8 Å². The molecule has 0 aromatic heterocycles. The summed E-state index contributed by atoms with van der Waals surface area (Å²) in [5.74, 6) is 0.352. The fourth-order valence-electron chi connectivity index (χ4n) is 3.65. The minimum absolute atomic E-state index is 0.201. The first kappa shape index (κ1) is 22.8. The van der Waals surface area contributed by atoms with E-state index < -0.39 is 6.04 Å². The Morgan fingerprint density at radius 3 is 2.35 bits per heavy atom. The number of carbonyl (C=O) groups excluding carboxylic acids is 2. The third-order valence-electron chi connectivity index (χ3n) is 5.75. The van der Waals surface area contributed by atoms with Crippen LogP contribution in [0.2, 0.25) is 0 Å². The number of likely N-dealkylation sites (tertiary alicyclic amines) is 1. The van der Waals surface area contributed by atoms with Crippen molar-refractivity contribution in [3.8, 4) is 0 Å². The van der Waals surface area contributed by atoms with Gasteiger partial charge in [-0.05, 0) is 61.5 Å². The van der Waals surface area contributed by atoms with Crippen LogP contribution in [0.4, 0.5) is 0 Å². The quantitative estimate of drug-likeness (QED) is 0.641. The van der Waals surface area contributed by atoms with E-state index >= 15 is 0 Å². The van der Waals surface area contributed by atoms with Crippen LogP contribution in [0.25, 0.3) is 6.08 Å². The molecular formula is C26H33N3O2. The van der Waals surface area contributed by atoms with Crippen molar-refractivity contribution in [3.63, 3.8) is 0 Å². The third kappa shape index (κ3) is 7.68. The number of hydrogen-bond acceptors (Lipinski definition) is 3. The highest BCUT2D eigenvalue weighted by atomic mass is 16.2. The molecule has 1 aliphatic heterocycles. The highest BCUT2D eigenvalue weighted by molar-refractivity contribution is 5.95. The number of carbonyl (C=O) groups is 2. The Morgan fingerprint density at radius 1 is 1.03 bits per heavy atom. The van der Waals surface area contributed by atoms with Gasteiger partial charge in [-0.1, -0.05) is 61.5 Å². The zero-order valence-corrected chi connectivity index (χ0v) is 18.5. The van der Waals surface area contributed by atoms with Crippen LogP contribution in [-0.4, -0.2) is 35.8 Å². The number of rotatable bonds is 8. The number of piperidine rings is 1. The molecule has 2 aromatic rings. The van der Waals surface area contributed by atoms with Crippen molar-refractivity contribution in [2.24, 2.45) is 5.92 Å². The van der Waals surface area contributed by atoms with E-state index in [9.17, 15) is 9.59 Å². The monoisotopic (exact) mass is 419 g/mol. The van der Waals surface area contributed by atoms with E-state index in [1.807, 2.05) is 30.3 Å². The number of nitrogens with one attached hydrogen (secondary N) is 2. The first-order valence-electron chi connectivity index (χ1n) is 11.1. The minimum atomic E-state index is -0.603. The predicted octanol–water partition coefficient (Wildman–Crippen LogP) is 3.75. The van der Waals surface area contributed by atoms with Crippen LogP contribution < -0.4 is 10.6 Å². The van der Waals surface area contributed by atoms with Crippen LogP contribution in [0.1, 0.15) is 43.4 Å². The van der Waals surface area contributed by atoms with Crippen molar-refractivity contribution in [2.75, 3.05) is 13.1 Å². The molecule has 1 saturated heterocycles. The van der Waals surface area contributed by atoms with Gasteiger partial charge in [0.1, 0.15) is 6.04 Å². The normalized spacial score (nSPS) is 16.2. The summed E-state index contributed by atoms with van der Waals surface area (Å²) in [5, 5.41) is 5.60. The molecule has 2 N–H and O–H groups in total. The number of hydrogen-bond donors (Lipinski definition) is 2. The predicted molar refractivity (Wildman–Crippen MR) is 125 cm³/mol. The molecule has 0 bridgehead atoms. The minimum Gasteiger partial charge on any atom is -0.350 e. The van der Waals surface area contributed by atoms with E-state index in [4.69, 9.17) is 0 Å². The molecule has 1 heterocycles. The Labute approximate surface area is 185 Å². The summed E-state index contributed by atoms with van der Waals surface area (Å²) in [6, 6.07) is 17.4. The van der Waals surface area contributed by atoms with Crippen LogP contribution in [0, 0.1) is 5.92 Å². The lowest BCUT2D eigenvalue weighted by molar-refractivity contribution is -0.126. The summed E-state index contributed by atoms with van der Waals surface area (Å²) >= 11 is 0. The van der Waals surface area contributed by atoms with Gasteiger partial charge in [0.25, 0.3) is 0 Å². The smallest absolute Gasteiger partial charge is 0.244 e. The maximum atomic E-state index is 12.3. The first-order valence-corrected chi connectivity index (χ1v) is 11.1. The van der Waals surface area contributed by atoms with Gasteiger partial charge in [0.2, 0.25) is 11.8 Å². The zero-order valence-electron chi connectivity index (χ0n) is 18.5. The van der Waals surface area contributed by atoms with Gasteiger partial charge in [-0.3, -0.25) is 14.5 Å². The Morgan fingerprint density at radius 2 is 1.68 bits per heavy atom. The SMILES string of the molecule is CC1CCN(Cc2ccc(CNC(=O)C(C)NC(=O)/C=C/c3ccccc3)cc2)CC1. The Balaban J connectivity index is 1.40. The molecule has 2 amide bonds. The Hall–Kier alpha value is -2.92. The molecule has 1 atom stereocenters. The van der Waals surface area contributed by atoms with Gasteiger partial charge < -0.3 is 10.6 Å². The van der Waals surface area contributed by atoms with E-state index in [1.54, 1.807) is 13.0 Å². The molecular weight excluding hydrogens is 386 g/mol. The standard InChI is InChI=1S/C26H33N3O2/c1-20-14-16-29(17-15-20)19-24-10-8-23(9-11-24)18-27-26(31)21(2)28-25(30)13-12-22-6-4-3-5-7-22/h3-13,20-21H,14-19H2,1-2H3,(H,27,31)(H,28,30)/b13-12+. The molecule has 1 aliphatic rings. The lowest BCUT2D eigenvalue weighted by Crippen LogP contribution is -2.44. The van der Waals surface area contributed by atoms with Gasteiger partial charge in [-0.15, -0.1) is 0 Å². The van der Waals surface area contributed by atoms with E-state index in [0.717, 1.165) is 23.6 Å². The average Bonchev–Trinajstić information content (AvgIpc) is 2.79. The van der Waals surface area contributed by atoms with Crippen LogP contribution >= 0.6 is 0 Å². The molecule has 3 rings (SSSR count). The molecule has 164 valence electrons. The highest BCUT2D eigenvalue weighted by Crippen LogP contribution is 2.18. The van der Waals surface area contributed by atoms with Gasteiger partial charge in [-0.25, -0.2) is 0 Å². The Bertz CT molecular complexity index is 869. The largest absolute Gasteiger partial charge is 0.350 e. The lowest BCUT2D eigenvalue weighted by atomic mass is 9.99. The Kier molecular flexibility index (Phi) is 8.42. The van der Waals surface area contributed by atoms with Crippen molar-refractivity contribution in [3.05, 3.63) is 77.4 Å². The van der Waals surface area contributed by atoms with Gasteiger partial charge >= 0.3 is 0 Å². The molecule has 0 spiro atoms. The molecule has 31 heavy (non-hydrogen) atoms.